The van der Waals surface area contributed by atoms with Crippen LogP contribution in [0.25, 0.3) is 0 Å². The monoisotopic (exact) mass is 245 g/mol. The lowest BCUT2D eigenvalue weighted by Crippen LogP contribution is -2.25. The molecule has 0 saturated heterocycles. The molecule has 1 N–H and O–H groups in total. The fourth-order valence-electron chi connectivity index (χ4n) is 0.913. The molecule has 6 heteroatoms. The van der Waals surface area contributed by atoms with Crippen molar-refractivity contribution in [3.63, 3.8) is 0 Å². The van der Waals surface area contributed by atoms with E-state index in [-0.39, 0.29) is 5.25 Å². The lowest BCUT2D eigenvalue weighted by molar-refractivity contribution is -0.147. The van der Waals surface area contributed by atoms with E-state index >= 15 is 0 Å². The van der Waals surface area contributed by atoms with Crippen LogP contribution in [0.2, 0.25) is 0 Å². The number of carbonyl (C=O) groups excluding carboxylic acids is 1. The van der Waals surface area contributed by atoms with Crippen LogP contribution in [0.3, 0.4) is 0 Å². The molecule has 1 aliphatic rings. The van der Waals surface area contributed by atoms with Gasteiger partial charge in [0.05, 0.1) is 5.25 Å². The molecule has 1 rings (SSSR count). The number of carbonyl (C=O) groups is 1. The summed E-state index contributed by atoms with van der Waals surface area (Å²) in [7, 11) is -3.36. The molecule has 0 aromatic carbocycles. The quantitative estimate of drug-likeness (QED) is 0.433. The van der Waals surface area contributed by atoms with Crippen LogP contribution in [0.4, 0.5) is 0 Å². The first-order valence-electron chi connectivity index (χ1n) is 4.95. The minimum atomic E-state index is -3.36. The van der Waals surface area contributed by atoms with E-state index in [1.165, 1.54) is 0 Å². The summed E-state index contributed by atoms with van der Waals surface area (Å²) < 4.78 is 29.5. The van der Waals surface area contributed by atoms with Crippen molar-refractivity contribution in [2.24, 2.45) is 0 Å². The minimum Gasteiger partial charge on any atom is -0.450 e. The van der Waals surface area contributed by atoms with E-state index in [9.17, 15) is 13.2 Å². The Labute approximate surface area is 95.6 Å². The summed E-state index contributed by atoms with van der Waals surface area (Å²) >= 11 is 0. The first kappa shape index (κ1) is 12.8. The van der Waals surface area contributed by atoms with Gasteiger partial charge in [0.25, 0.3) is 0 Å². The summed E-state index contributed by atoms with van der Waals surface area (Å²) in [5, 5.41) is -0.347. The maximum atomic E-state index is 11.3. The first-order chi connectivity index (χ1) is 7.21. The van der Waals surface area contributed by atoms with Gasteiger partial charge < -0.3 is 4.74 Å². The number of hydrogen-bond donors (Lipinski definition) is 1. The summed E-state index contributed by atoms with van der Waals surface area (Å²) in [5.74, 6) is 1.33. The van der Waals surface area contributed by atoms with Crippen molar-refractivity contribution >= 4 is 16.0 Å². The Morgan fingerprint density at radius 2 is 1.94 bits per heavy atom. The number of ether oxygens (including phenoxy) is 1. The molecule has 0 aliphatic heterocycles. The molecule has 5 nitrogen and oxygen atoms in total. The average molecular weight is 245 g/mol. The Kier molecular flexibility index (Phi) is 3.48. The molecule has 1 aliphatic carbocycles. The van der Waals surface area contributed by atoms with Gasteiger partial charge in [-0.2, -0.15) is 0 Å². The van der Waals surface area contributed by atoms with Gasteiger partial charge in [-0.25, -0.2) is 17.9 Å². The number of hydrogen-bond acceptors (Lipinski definition) is 4. The maximum absolute atomic E-state index is 11.3. The Morgan fingerprint density at radius 1 is 1.38 bits per heavy atom. The predicted molar refractivity (Wildman–Crippen MR) is 58.7 cm³/mol. The highest BCUT2D eigenvalue weighted by molar-refractivity contribution is 7.90. The zero-order valence-corrected chi connectivity index (χ0v) is 10.3. The summed E-state index contributed by atoms with van der Waals surface area (Å²) in [6, 6.07) is 2.11. The van der Waals surface area contributed by atoms with Gasteiger partial charge in [-0.1, -0.05) is 0 Å². The number of esters is 1. The molecule has 16 heavy (non-hydrogen) atoms. The van der Waals surface area contributed by atoms with E-state index in [0.717, 1.165) is 0 Å². The van der Waals surface area contributed by atoms with Crippen molar-refractivity contribution in [3.8, 4) is 12.0 Å². The second-order valence-electron chi connectivity index (χ2n) is 4.60. The predicted octanol–water partition coefficient (Wildman–Crippen LogP) is 0.371. The van der Waals surface area contributed by atoms with Gasteiger partial charge in [0, 0.05) is 12.0 Å². The zero-order chi connectivity index (χ0) is 12.4. The van der Waals surface area contributed by atoms with E-state index in [4.69, 9.17) is 4.74 Å². The third-order valence-electron chi connectivity index (χ3n) is 1.72. The topological polar surface area (TPSA) is 72.5 Å². The van der Waals surface area contributed by atoms with E-state index < -0.39 is 21.6 Å². The van der Waals surface area contributed by atoms with Gasteiger partial charge in [0.1, 0.15) is 5.60 Å². The highest BCUT2D eigenvalue weighted by Crippen LogP contribution is 2.26. The number of rotatable bonds is 2. The van der Waals surface area contributed by atoms with Crippen LogP contribution in [-0.4, -0.2) is 25.2 Å². The normalized spacial score (nSPS) is 15.9. The maximum Gasteiger partial charge on any atom is 0.386 e. The molecule has 0 spiro atoms. The van der Waals surface area contributed by atoms with Crippen LogP contribution in [0.5, 0.6) is 0 Å². The second-order valence-corrected chi connectivity index (χ2v) is 6.56. The molecule has 0 heterocycles. The lowest BCUT2D eigenvalue weighted by Gasteiger charge is -2.16. The van der Waals surface area contributed by atoms with Crippen LogP contribution in [-0.2, 0) is 19.6 Å². The van der Waals surface area contributed by atoms with Gasteiger partial charge in [0.2, 0.25) is 10.0 Å². The van der Waals surface area contributed by atoms with E-state index in [1.54, 1.807) is 20.8 Å². The molecule has 0 aromatic rings. The molecule has 0 unspecified atom stereocenters. The van der Waals surface area contributed by atoms with Crippen molar-refractivity contribution in [1.29, 1.82) is 0 Å². The first-order valence-corrected chi connectivity index (χ1v) is 6.50. The largest absolute Gasteiger partial charge is 0.450 e. The Morgan fingerprint density at radius 3 is 2.38 bits per heavy atom. The van der Waals surface area contributed by atoms with Crippen LogP contribution < -0.4 is 4.72 Å². The van der Waals surface area contributed by atoms with Crippen molar-refractivity contribution in [2.75, 3.05) is 0 Å². The van der Waals surface area contributed by atoms with E-state index in [0.29, 0.717) is 12.8 Å². The van der Waals surface area contributed by atoms with E-state index in [2.05, 4.69) is 12.0 Å². The summed E-state index contributed by atoms with van der Waals surface area (Å²) in [4.78, 5) is 11.1. The molecule has 1 fully saturated rings. The molecule has 0 atom stereocenters. The molecule has 1 saturated carbocycles. The summed E-state index contributed by atoms with van der Waals surface area (Å²) in [5.41, 5.74) is -0.624. The van der Waals surface area contributed by atoms with Crippen LogP contribution in [0.1, 0.15) is 33.6 Å². The zero-order valence-electron chi connectivity index (χ0n) is 9.53. The Balaban J connectivity index is 2.46. The molecule has 90 valence electrons. The summed E-state index contributed by atoms with van der Waals surface area (Å²) in [6.45, 7) is 5.13. The highest BCUT2D eigenvalue weighted by atomic mass is 32.2. The van der Waals surface area contributed by atoms with Gasteiger partial charge >= 0.3 is 5.97 Å². The van der Waals surface area contributed by atoms with Crippen LogP contribution in [0, 0.1) is 12.0 Å². The average Bonchev–Trinajstić information content (AvgIpc) is 2.80. The fourth-order valence-corrected chi connectivity index (χ4v) is 2.03. The van der Waals surface area contributed by atoms with Crippen molar-refractivity contribution in [3.05, 3.63) is 0 Å². The fraction of sp³-hybridized carbons (Fsp3) is 0.700. The van der Waals surface area contributed by atoms with Gasteiger partial charge in [-0.15, -0.1) is 0 Å². The minimum absolute atomic E-state index is 0.347. The van der Waals surface area contributed by atoms with Crippen molar-refractivity contribution < 1.29 is 17.9 Å². The molecule has 0 aromatic heterocycles. The van der Waals surface area contributed by atoms with E-state index in [1.807, 2.05) is 4.72 Å². The third-order valence-corrected chi connectivity index (χ3v) is 3.46. The third kappa shape index (κ3) is 4.53. The Bertz CT molecular complexity index is 432. The van der Waals surface area contributed by atoms with Crippen molar-refractivity contribution in [2.45, 2.75) is 44.5 Å². The SMILES string of the molecule is CC(C)(C)OC(=O)C#CNS(=O)(=O)C1CC1. The van der Waals surface area contributed by atoms with Crippen LogP contribution >= 0.6 is 0 Å². The lowest BCUT2D eigenvalue weighted by atomic mass is 10.2. The molecule has 0 amide bonds. The number of nitrogens with one attached hydrogen (secondary N) is 1. The molecule has 0 radical (unpaired) electrons. The second kappa shape index (κ2) is 4.34. The Hall–Kier alpha value is -1.22. The highest BCUT2D eigenvalue weighted by Gasteiger charge is 2.35. The molecular weight excluding hydrogens is 230 g/mol. The van der Waals surface area contributed by atoms with Gasteiger partial charge in [0.15, 0.2) is 0 Å². The van der Waals surface area contributed by atoms with Crippen molar-refractivity contribution in [1.82, 2.24) is 4.72 Å². The molecule has 0 bridgehead atoms. The summed E-state index contributed by atoms with van der Waals surface area (Å²) in [6.07, 6.45) is 1.31. The standard InChI is InChI=1S/C10H15NO4S/c1-10(2,3)15-9(12)6-7-11-16(13,14)8-4-5-8/h8,11H,4-5H2,1-3H3. The van der Waals surface area contributed by atoms with Crippen LogP contribution in [0.15, 0.2) is 0 Å². The van der Waals surface area contributed by atoms with Gasteiger partial charge in [-0.3, -0.25) is 0 Å². The smallest absolute Gasteiger partial charge is 0.386 e. The molecular formula is C10H15NO4S. The van der Waals surface area contributed by atoms with Gasteiger partial charge in [-0.05, 0) is 33.6 Å². The number of sulfonamides is 1.